The summed E-state index contributed by atoms with van der Waals surface area (Å²) in [6, 6.07) is 12.5. The van der Waals surface area contributed by atoms with E-state index in [2.05, 4.69) is 20.3 Å². The van der Waals surface area contributed by atoms with Crippen molar-refractivity contribution in [2.24, 2.45) is 0 Å². The molecule has 7 heteroatoms. The number of rotatable bonds is 4. The number of H-pyrrole nitrogens is 1. The fourth-order valence-electron chi connectivity index (χ4n) is 1.85. The third-order valence-corrected chi connectivity index (χ3v) is 3.75. The van der Waals surface area contributed by atoms with Gasteiger partial charge in [0.15, 0.2) is 10.8 Å². The highest BCUT2D eigenvalue weighted by Crippen LogP contribution is 2.18. The first-order valence-electron chi connectivity index (χ1n) is 6.48. The lowest BCUT2D eigenvalue weighted by molar-refractivity contribution is -0.113. The van der Waals surface area contributed by atoms with Crippen molar-refractivity contribution < 1.29 is 4.79 Å². The van der Waals surface area contributed by atoms with E-state index in [9.17, 15) is 4.79 Å². The predicted molar refractivity (Wildman–Crippen MR) is 84.4 cm³/mol. The molecule has 0 saturated heterocycles. The molecule has 0 aliphatic heterocycles. The van der Waals surface area contributed by atoms with E-state index >= 15 is 0 Å². The molecule has 108 valence electrons. The maximum atomic E-state index is 11.9. The molecule has 0 atom stereocenters. The molecule has 0 aliphatic rings. The van der Waals surface area contributed by atoms with Crippen LogP contribution in [0.5, 0.6) is 0 Å². The van der Waals surface area contributed by atoms with Gasteiger partial charge in [-0.15, -0.1) is 0 Å². The summed E-state index contributed by atoms with van der Waals surface area (Å²) < 4.78 is 0. The number of carbonyl (C=O) groups is 1. The van der Waals surface area contributed by atoms with Crippen molar-refractivity contribution in [1.29, 1.82) is 5.26 Å². The number of aromatic amines is 1. The van der Waals surface area contributed by atoms with Crippen molar-refractivity contribution in [1.82, 2.24) is 15.0 Å². The summed E-state index contributed by atoms with van der Waals surface area (Å²) in [6.07, 6.45) is 1.68. The number of fused-ring (bicyclic) bond motifs is 1. The molecule has 6 nitrogen and oxygen atoms in total. The molecular formula is C15H11N5OS. The Morgan fingerprint density at radius 1 is 1.32 bits per heavy atom. The van der Waals surface area contributed by atoms with Crippen LogP contribution in [0.15, 0.2) is 47.8 Å². The number of aromatic nitrogens is 3. The van der Waals surface area contributed by atoms with Crippen LogP contribution in [0, 0.1) is 11.3 Å². The summed E-state index contributed by atoms with van der Waals surface area (Å²) in [5, 5.41) is 12.2. The van der Waals surface area contributed by atoms with E-state index in [0.717, 1.165) is 5.52 Å². The number of pyridine rings is 1. The van der Waals surface area contributed by atoms with Crippen LogP contribution in [0.2, 0.25) is 0 Å². The number of nitrogens with zero attached hydrogens (tertiary/aromatic N) is 3. The number of nitrogens with one attached hydrogen (secondary N) is 2. The largest absolute Gasteiger partial charge is 0.332 e. The smallest absolute Gasteiger partial charge is 0.234 e. The molecule has 0 aliphatic carbocycles. The van der Waals surface area contributed by atoms with E-state index in [1.54, 1.807) is 30.5 Å². The van der Waals surface area contributed by atoms with Crippen LogP contribution in [-0.4, -0.2) is 26.6 Å². The lowest BCUT2D eigenvalue weighted by atomic mass is 10.2. The number of anilines is 1. The molecule has 2 aromatic heterocycles. The van der Waals surface area contributed by atoms with Gasteiger partial charge in [0.1, 0.15) is 0 Å². The van der Waals surface area contributed by atoms with Gasteiger partial charge in [0.05, 0.1) is 22.9 Å². The molecule has 3 aromatic rings. The zero-order valence-corrected chi connectivity index (χ0v) is 12.2. The van der Waals surface area contributed by atoms with Crippen LogP contribution in [0.1, 0.15) is 5.56 Å². The van der Waals surface area contributed by atoms with Crippen molar-refractivity contribution in [2.45, 2.75) is 5.16 Å². The Hall–Kier alpha value is -2.85. The van der Waals surface area contributed by atoms with Crippen molar-refractivity contribution in [3.63, 3.8) is 0 Å². The van der Waals surface area contributed by atoms with E-state index in [1.807, 2.05) is 18.2 Å². The quantitative estimate of drug-likeness (QED) is 0.722. The Kier molecular flexibility index (Phi) is 4.03. The summed E-state index contributed by atoms with van der Waals surface area (Å²) in [6.45, 7) is 0. The first kappa shape index (κ1) is 14.1. The number of carbonyl (C=O) groups excluding carboxylic acids is 1. The van der Waals surface area contributed by atoms with Gasteiger partial charge in [-0.25, -0.2) is 9.97 Å². The van der Waals surface area contributed by atoms with Gasteiger partial charge in [-0.3, -0.25) is 4.79 Å². The van der Waals surface area contributed by atoms with E-state index in [-0.39, 0.29) is 11.7 Å². The maximum absolute atomic E-state index is 11.9. The summed E-state index contributed by atoms with van der Waals surface area (Å²) in [4.78, 5) is 23.4. The lowest BCUT2D eigenvalue weighted by Gasteiger charge is -2.03. The van der Waals surface area contributed by atoms with E-state index in [4.69, 9.17) is 5.26 Å². The van der Waals surface area contributed by atoms with Crippen LogP contribution < -0.4 is 5.32 Å². The second kappa shape index (κ2) is 6.28. The topological polar surface area (TPSA) is 94.5 Å². The molecule has 0 fully saturated rings. The highest BCUT2D eigenvalue weighted by molar-refractivity contribution is 7.99. The van der Waals surface area contributed by atoms with Gasteiger partial charge in [0.25, 0.3) is 0 Å². The molecule has 1 amide bonds. The van der Waals surface area contributed by atoms with Crippen molar-refractivity contribution in [2.75, 3.05) is 11.1 Å². The first-order valence-corrected chi connectivity index (χ1v) is 7.47. The summed E-state index contributed by atoms with van der Waals surface area (Å²) in [5.74, 6) is 0.0999. The van der Waals surface area contributed by atoms with Gasteiger partial charge in [0, 0.05) is 11.9 Å². The second-order valence-electron chi connectivity index (χ2n) is 4.44. The van der Waals surface area contributed by atoms with Gasteiger partial charge in [-0.2, -0.15) is 5.26 Å². The molecular weight excluding hydrogens is 298 g/mol. The summed E-state index contributed by atoms with van der Waals surface area (Å²) >= 11 is 1.31. The number of thioether (sulfide) groups is 1. The number of benzene rings is 1. The number of imidazole rings is 1. The highest BCUT2D eigenvalue weighted by Gasteiger charge is 2.07. The van der Waals surface area contributed by atoms with Crippen molar-refractivity contribution in [3.8, 4) is 6.07 Å². The average Bonchev–Trinajstić information content (AvgIpc) is 2.96. The van der Waals surface area contributed by atoms with Crippen LogP contribution in [-0.2, 0) is 4.79 Å². The van der Waals surface area contributed by atoms with Gasteiger partial charge in [0.2, 0.25) is 5.91 Å². The average molecular weight is 309 g/mol. The minimum atomic E-state index is -0.136. The Bertz CT molecular complexity index is 817. The molecule has 0 radical (unpaired) electrons. The van der Waals surface area contributed by atoms with Gasteiger partial charge in [-0.1, -0.05) is 11.8 Å². The minimum Gasteiger partial charge on any atom is -0.332 e. The Balaban J connectivity index is 1.58. The zero-order valence-electron chi connectivity index (χ0n) is 11.4. The number of amides is 1. The molecule has 3 rings (SSSR count). The fraction of sp³-hybridized carbons (Fsp3) is 0.0667. The van der Waals surface area contributed by atoms with Crippen molar-refractivity contribution >= 4 is 34.5 Å². The zero-order chi connectivity index (χ0) is 15.4. The van der Waals surface area contributed by atoms with Crippen molar-refractivity contribution in [3.05, 3.63) is 48.2 Å². The third-order valence-electron chi connectivity index (χ3n) is 2.87. The second-order valence-corrected chi connectivity index (χ2v) is 5.41. The molecule has 0 spiro atoms. The van der Waals surface area contributed by atoms with Crippen LogP contribution in [0.3, 0.4) is 0 Å². The van der Waals surface area contributed by atoms with Gasteiger partial charge in [-0.05, 0) is 36.4 Å². The number of hydrogen-bond acceptors (Lipinski definition) is 5. The van der Waals surface area contributed by atoms with E-state index in [1.165, 1.54) is 11.8 Å². The molecule has 0 saturated carbocycles. The van der Waals surface area contributed by atoms with E-state index < -0.39 is 0 Å². The molecule has 2 N–H and O–H groups in total. The molecule has 0 unspecified atom stereocenters. The predicted octanol–water partition coefficient (Wildman–Crippen LogP) is 2.56. The third kappa shape index (κ3) is 3.24. The molecule has 2 heterocycles. The SMILES string of the molecule is N#Cc1ccc(NC(=O)CSc2nc3ncccc3[nH]2)cc1. The Morgan fingerprint density at radius 2 is 2.14 bits per heavy atom. The molecule has 22 heavy (non-hydrogen) atoms. The van der Waals surface area contributed by atoms with Crippen LogP contribution >= 0.6 is 11.8 Å². The first-order chi connectivity index (χ1) is 10.7. The Morgan fingerprint density at radius 3 is 2.86 bits per heavy atom. The molecule has 1 aromatic carbocycles. The summed E-state index contributed by atoms with van der Waals surface area (Å²) in [5.41, 5.74) is 2.70. The monoisotopic (exact) mass is 309 g/mol. The van der Waals surface area contributed by atoms with Crippen LogP contribution in [0.25, 0.3) is 11.2 Å². The maximum Gasteiger partial charge on any atom is 0.234 e. The van der Waals surface area contributed by atoms with Gasteiger partial charge < -0.3 is 10.3 Å². The minimum absolute atomic E-state index is 0.136. The number of hydrogen-bond donors (Lipinski definition) is 2. The Labute approximate surface area is 130 Å². The van der Waals surface area contributed by atoms with Crippen LogP contribution in [0.4, 0.5) is 5.69 Å². The normalized spacial score (nSPS) is 10.3. The molecule has 0 bridgehead atoms. The number of nitriles is 1. The summed E-state index contributed by atoms with van der Waals surface area (Å²) in [7, 11) is 0. The highest BCUT2D eigenvalue weighted by atomic mass is 32.2. The van der Waals surface area contributed by atoms with E-state index in [0.29, 0.717) is 22.1 Å². The fourth-order valence-corrected chi connectivity index (χ4v) is 2.52. The lowest BCUT2D eigenvalue weighted by Crippen LogP contribution is -2.14. The van der Waals surface area contributed by atoms with Gasteiger partial charge >= 0.3 is 0 Å². The standard InChI is InChI=1S/C15H11N5OS/c16-8-10-3-5-11(6-4-10)18-13(21)9-22-15-19-12-2-1-7-17-14(12)20-15/h1-7H,9H2,(H,18,21)(H,17,19,20).